The summed E-state index contributed by atoms with van der Waals surface area (Å²) < 4.78 is 7.33. The molecule has 5 nitrogen and oxygen atoms in total. The maximum Gasteiger partial charge on any atom is 0.286 e. The predicted molar refractivity (Wildman–Crippen MR) is 92.9 cm³/mol. The van der Waals surface area contributed by atoms with Crippen LogP contribution in [0.4, 0.5) is 0 Å². The van der Waals surface area contributed by atoms with Gasteiger partial charge < -0.3 is 10.1 Å². The van der Waals surface area contributed by atoms with Gasteiger partial charge in [-0.3, -0.25) is 4.79 Å². The lowest BCUT2D eigenvalue weighted by Crippen LogP contribution is -2.29. The number of nitrogens with zero attached hydrogens (tertiary/aromatic N) is 2. The summed E-state index contributed by atoms with van der Waals surface area (Å²) in [6.45, 7) is 6.61. The molecule has 0 fully saturated rings. The molecule has 1 aliphatic rings. The van der Waals surface area contributed by atoms with Crippen molar-refractivity contribution in [2.75, 3.05) is 6.61 Å². The first-order valence-electron chi connectivity index (χ1n) is 8.32. The normalized spacial score (nSPS) is 15.4. The van der Waals surface area contributed by atoms with E-state index in [0.29, 0.717) is 12.4 Å². The largest absolute Gasteiger partial charge is 0.488 e. The van der Waals surface area contributed by atoms with Crippen molar-refractivity contribution in [2.24, 2.45) is 0 Å². The minimum atomic E-state index is -0.148. The van der Waals surface area contributed by atoms with E-state index >= 15 is 0 Å². The van der Waals surface area contributed by atoms with Crippen molar-refractivity contribution in [3.05, 3.63) is 59.1 Å². The molecule has 2 aromatic rings. The van der Waals surface area contributed by atoms with Crippen molar-refractivity contribution in [3.8, 4) is 5.69 Å². The number of hydrogen-bond donors (Lipinski definition) is 1. The lowest BCUT2D eigenvalue weighted by Gasteiger charge is -2.18. The fraction of sp³-hybridized carbons (Fsp3) is 0.368. The molecule has 1 N–H and O–H groups in total. The Bertz CT molecular complexity index is 759. The highest BCUT2D eigenvalue weighted by molar-refractivity contribution is 5.91. The van der Waals surface area contributed by atoms with Crippen molar-refractivity contribution in [1.29, 1.82) is 0 Å². The fourth-order valence-corrected chi connectivity index (χ4v) is 2.86. The van der Waals surface area contributed by atoms with E-state index in [-0.39, 0.29) is 11.9 Å². The molecule has 3 rings (SSSR count). The van der Waals surface area contributed by atoms with Crippen LogP contribution in [0.15, 0.2) is 42.2 Å². The third-order valence-electron chi connectivity index (χ3n) is 4.15. The molecule has 1 aromatic heterocycles. The monoisotopic (exact) mass is 325 g/mol. The molecule has 0 saturated heterocycles. The number of aryl methyl sites for hydroxylation is 2. The lowest BCUT2D eigenvalue weighted by atomic mass is 10.1. The quantitative estimate of drug-likeness (QED) is 0.938. The van der Waals surface area contributed by atoms with E-state index in [2.05, 4.69) is 16.5 Å². The second-order valence-electron chi connectivity index (χ2n) is 6.18. The van der Waals surface area contributed by atoms with Gasteiger partial charge in [-0.2, -0.15) is 5.10 Å². The molecular formula is C19H23N3O2. The van der Waals surface area contributed by atoms with E-state index < -0.39 is 0 Å². The summed E-state index contributed by atoms with van der Waals surface area (Å²) in [7, 11) is 0. The Kier molecular flexibility index (Phi) is 4.69. The minimum absolute atomic E-state index is 0.0848. The Morgan fingerprint density at radius 3 is 2.62 bits per heavy atom. The number of carbonyl (C=O) groups is 1. The van der Waals surface area contributed by atoms with Crippen molar-refractivity contribution in [3.63, 3.8) is 0 Å². The van der Waals surface area contributed by atoms with Crippen LogP contribution in [-0.4, -0.2) is 22.3 Å². The molecule has 0 spiro atoms. The van der Waals surface area contributed by atoms with E-state index in [1.54, 1.807) is 0 Å². The van der Waals surface area contributed by atoms with Gasteiger partial charge in [0, 0.05) is 5.69 Å². The number of benzene rings is 1. The zero-order valence-electron chi connectivity index (χ0n) is 14.4. The third kappa shape index (κ3) is 3.50. The molecule has 1 amide bonds. The number of nitrogens with one attached hydrogen (secondary N) is 1. The Hall–Kier alpha value is -2.56. The van der Waals surface area contributed by atoms with Gasteiger partial charge in [0.05, 0.1) is 24.0 Å². The first kappa shape index (κ1) is 16.3. The molecule has 5 heteroatoms. The first-order chi connectivity index (χ1) is 11.5. The average molecular weight is 325 g/mol. The maximum absolute atomic E-state index is 12.2. The third-order valence-corrected chi connectivity index (χ3v) is 4.15. The first-order valence-corrected chi connectivity index (χ1v) is 8.32. The van der Waals surface area contributed by atoms with Crippen LogP contribution in [0, 0.1) is 13.8 Å². The van der Waals surface area contributed by atoms with Crippen LogP contribution in [-0.2, 0) is 9.53 Å². The zero-order valence-corrected chi connectivity index (χ0v) is 14.4. The van der Waals surface area contributed by atoms with Gasteiger partial charge in [-0.05, 0) is 63.5 Å². The van der Waals surface area contributed by atoms with Crippen LogP contribution in [0.2, 0.25) is 0 Å². The van der Waals surface area contributed by atoms with E-state index in [0.717, 1.165) is 35.5 Å². The van der Waals surface area contributed by atoms with Gasteiger partial charge in [0.15, 0.2) is 5.76 Å². The summed E-state index contributed by atoms with van der Waals surface area (Å²) in [5, 5.41) is 7.47. The van der Waals surface area contributed by atoms with Crippen LogP contribution < -0.4 is 5.32 Å². The lowest BCUT2D eigenvalue weighted by molar-refractivity contribution is -0.121. The number of amides is 1. The highest BCUT2D eigenvalue weighted by Gasteiger charge is 2.17. The van der Waals surface area contributed by atoms with Crippen LogP contribution in [0.3, 0.4) is 0 Å². The molecule has 2 heterocycles. The number of aromatic nitrogens is 2. The Labute approximate surface area is 142 Å². The SMILES string of the molecule is Cc1cc(C)n(-c2ccc([C@H](C)NC(=O)C3=CCCCO3)cc2)n1. The molecule has 24 heavy (non-hydrogen) atoms. The molecule has 0 aliphatic carbocycles. The Balaban J connectivity index is 1.69. The molecule has 0 bridgehead atoms. The van der Waals surface area contributed by atoms with Gasteiger partial charge in [0.25, 0.3) is 5.91 Å². The molecule has 1 atom stereocenters. The van der Waals surface area contributed by atoms with Gasteiger partial charge in [0.2, 0.25) is 0 Å². The van der Waals surface area contributed by atoms with E-state index in [1.165, 1.54) is 0 Å². The zero-order chi connectivity index (χ0) is 17.1. The van der Waals surface area contributed by atoms with Gasteiger partial charge >= 0.3 is 0 Å². The van der Waals surface area contributed by atoms with Crippen molar-refractivity contribution >= 4 is 5.91 Å². The summed E-state index contributed by atoms with van der Waals surface area (Å²) in [6.07, 6.45) is 3.73. The summed E-state index contributed by atoms with van der Waals surface area (Å²) >= 11 is 0. The number of rotatable bonds is 4. The molecule has 1 aromatic carbocycles. The molecule has 126 valence electrons. The standard InChI is InChI=1S/C19H23N3O2/c1-13-12-14(2)22(21-13)17-9-7-16(8-10-17)15(3)20-19(23)18-6-4-5-11-24-18/h6-10,12,15H,4-5,11H2,1-3H3,(H,20,23)/t15-/m0/s1. The van der Waals surface area contributed by atoms with Crippen LogP contribution >= 0.6 is 0 Å². The summed E-state index contributed by atoms with van der Waals surface area (Å²) in [6, 6.07) is 10.1. The highest BCUT2D eigenvalue weighted by Crippen LogP contribution is 2.18. The van der Waals surface area contributed by atoms with Gasteiger partial charge in [-0.1, -0.05) is 12.1 Å². The van der Waals surface area contributed by atoms with Crippen molar-refractivity contribution < 1.29 is 9.53 Å². The van der Waals surface area contributed by atoms with Crippen LogP contribution in [0.1, 0.15) is 42.8 Å². The summed E-state index contributed by atoms with van der Waals surface area (Å²) in [5.74, 6) is 0.289. The van der Waals surface area contributed by atoms with E-state index in [4.69, 9.17) is 4.74 Å². The van der Waals surface area contributed by atoms with Gasteiger partial charge in [-0.15, -0.1) is 0 Å². The molecule has 1 aliphatic heterocycles. The Morgan fingerprint density at radius 2 is 2.04 bits per heavy atom. The highest BCUT2D eigenvalue weighted by atomic mass is 16.5. The Morgan fingerprint density at radius 1 is 1.29 bits per heavy atom. The second kappa shape index (κ2) is 6.91. The molecule has 0 saturated carbocycles. The predicted octanol–water partition coefficient (Wildman–Crippen LogP) is 3.36. The van der Waals surface area contributed by atoms with Gasteiger partial charge in [0.1, 0.15) is 0 Å². The van der Waals surface area contributed by atoms with Crippen molar-refractivity contribution in [1.82, 2.24) is 15.1 Å². The van der Waals surface area contributed by atoms with Crippen LogP contribution in [0.5, 0.6) is 0 Å². The van der Waals surface area contributed by atoms with Gasteiger partial charge in [-0.25, -0.2) is 4.68 Å². The van der Waals surface area contributed by atoms with E-state index in [9.17, 15) is 4.79 Å². The number of allylic oxidation sites excluding steroid dienone is 1. The maximum atomic E-state index is 12.2. The van der Waals surface area contributed by atoms with E-state index in [1.807, 2.05) is 55.8 Å². The number of carbonyl (C=O) groups excluding carboxylic acids is 1. The minimum Gasteiger partial charge on any atom is -0.488 e. The molecule has 0 unspecified atom stereocenters. The topological polar surface area (TPSA) is 56.2 Å². The summed E-state index contributed by atoms with van der Waals surface area (Å²) in [5.41, 5.74) is 4.16. The number of ether oxygens (including phenoxy) is 1. The average Bonchev–Trinajstić information content (AvgIpc) is 2.94. The smallest absolute Gasteiger partial charge is 0.286 e. The molecular weight excluding hydrogens is 302 g/mol. The second-order valence-corrected chi connectivity index (χ2v) is 6.18. The fourth-order valence-electron chi connectivity index (χ4n) is 2.86. The summed E-state index contributed by atoms with van der Waals surface area (Å²) in [4.78, 5) is 12.2. The number of hydrogen-bond acceptors (Lipinski definition) is 3. The van der Waals surface area contributed by atoms with Crippen LogP contribution in [0.25, 0.3) is 5.69 Å². The molecule has 0 radical (unpaired) electrons. The van der Waals surface area contributed by atoms with Crippen molar-refractivity contribution in [2.45, 2.75) is 39.7 Å².